The van der Waals surface area contributed by atoms with E-state index < -0.39 is 23.7 Å². The van der Waals surface area contributed by atoms with E-state index in [0.29, 0.717) is 6.42 Å². The van der Waals surface area contributed by atoms with E-state index in [1.54, 1.807) is 20.8 Å². The summed E-state index contributed by atoms with van der Waals surface area (Å²) in [5.41, 5.74) is 0.224. The second-order valence-corrected chi connectivity index (χ2v) is 7.03. The Morgan fingerprint density at radius 3 is 2.40 bits per heavy atom. The van der Waals surface area contributed by atoms with Gasteiger partial charge < -0.3 is 14.7 Å². The van der Waals surface area contributed by atoms with E-state index in [9.17, 15) is 14.4 Å². The molecule has 1 aromatic rings. The standard InChI is InChI=1S/C18H24N2O5/c1-18(2,3)25-17(24)20-10-9-19(12-15(21)22)16(23)14(20)11-13-7-5-4-6-8-13/h4-8,14H,9-12H2,1-3H3,(H,21,22)/t14-/m1/s1. The molecule has 1 saturated heterocycles. The first-order valence-electron chi connectivity index (χ1n) is 8.21. The van der Waals surface area contributed by atoms with Gasteiger partial charge in [-0.1, -0.05) is 30.3 Å². The van der Waals surface area contributed by atoms with Crippen LogP contribution in [-0.2, 0) is 20.7 Å². The molecule has 0 bridgehead atoms. The summed E-state index contributed by atoms with van der Waals surface area (Å²) in [5.74, 6) is -1.44. The maximum Gasteiger partial charge on any atom is 0.411 e. The number of hydrogen-bond acceptors (Lipinski definition) is 4. The normalized spacial score (nSPS) is 18.2. The lowest BCUT2D eigenvalue weighted by Crippen LogP contribution is -2.60. The number of amides is 2. The van der Waals surface area contributed by atoms with Crippen molar-refractivity contribution in [3.8, 4) is 0 Å². The third-order valence-electron chi connectivity index (χ3n) is 3.81. The maximum atomic E-state index is 12.8. The van der Waals surface area contributed by atoms with Crippen LogP contribution in [0.25, 0.3) is 0 Å². The summed E-state index contributed by atoms with van der Waals surface area (Å²) in [4.78, 5) is 38.9. The Bertz CT molecular complexity index is 639. The molecule has 0 radical (unpaired) electrons. The fraction of sp³-hybridized carbons (Fsp3) is 0.500. The molecule has 1 heterocycles. The minimum Gasteiger partial charge on any atom is -0.480 e. The average Bonchev–Trinajstić information content (AvgIpc) is 2.50. The highest BCUT2D eigenvalue weighted by Gasteiger charge is 2.39. The second kappa shape index (κ2) is 7.55. The molecule has 1 fully saturated rings. The van der Waals surface area contributed by atoms with Crippen LogP contribution in [0.3, 0.4) is 0 Å². The van der Waals surface area contributed by atoms with Gasteiger partial charge >= 0.3 is 12.1 Å². The van der Waals surface area contributed by atoms with E-state index >= 15 is 0 Å². The molecule has 2 amide bonds. The van der Waals surface area contributed by atoms with E-state index in [0.717, 1.165) is 5.56 Å². The van der Waals surface area contributed by atoms with E-state index in [-0.39, 0.29) is 25.5 Å². The number of carbonyl (C=O) groups excluding carboxylic acids is 2. The lowest BCUT2D eigenvalue weighted by atomic mass is 10.0. The summed E-state index contributed by atoms with van der Waals surface area (Å²) in [6.07, 6.45) is -0.244. The molecule has 136 valence electrons. The fourth-order valence-electron chi connectivity index (χ4n) is 2.73. The number of carbonyl (C=O) groups is 3. The summed E-state index contributed by atoms with van der Waals surface area (Å²) >= 11 is 0. The molecule has 0 unspecified atom stereocenters. The first kappa shape index (κ1) is 18.8. The number of rotatable bonds is 4. The number of nitrogens with zero attached hydrogens (tertiary/aromatic N) is 2. The molecule has 7 heteroatoms. The number of carboxylic acid groups (broad SMARTS) is 1. The predicted molar refractivity (Wildman–Crippen MR) is 91.1 cm³/mol. The van der Waals surface area contributed by atoms with Gasteiger partial charge in [0.15, 0.2) is 0 Å². The Labute approximate surface area is 147 Å². The molecule has 1 aliphatic heterocycles. The fourth-order valence-corrected chi connectivity index (χ4v) is 2.73. The summed E-state index contributed by atoms with van der Waals surface area (Å²) < 4.78 is 5.41. The number of piperazine rings is 1. The Kier molecular flexibility index (Phi) is 5.66. The van der Waals surface area contributed by atoms with Crippen LogP contribution in [0, 0.1) is 0 Å². The van der Waals surface area contributed by atoms with Gasteiger partial charge in [-0.05, 0) is 26.3 Å². The van der Waals surface area contributed by atoms with Crippen LogP contribution in [0.15, 0.2) is 30.3 Å². The number of benzene rings is 1. The van der Waals surface area contributed by atoms with Gasteiger partial charge in [-0.3, -0.25) is 14.5 Å². The first-order valence-corrected chi connectivity index (χ1v) is 8.21. The highest BCUT2D eigenvalue weighted by molar-refractivity contribution is 5.89. The van der Waals surface area contributed by atoms with Crippen molar-refractivity contribution in [1.82, 2.24) is 9.80 Å². The number of aliphatic carboxylic acids is 1. The third kappa shape index (κ3) is 5.20. The van der Waals surface area contributed by atoms with E-state index in [1.807, 2.05) is 30.3 Å². The molecular weight excluding hydrogens is 324 g/mol. The van der Waals surface area contributed by atoms with Crippen molar-refractivity contribution in [3.63, 3.8) is 0 Å². The number of hydrogen-bond donors (Lipinski definition) is 1. The molecule has 2 rings (SSSR count). The topological polar surface area (TPSA) is 87.2 Å². The Morgan fingerprint density at radius 2 is 1.84 bits per heavy atom. The molecule has 0 saturated carbocycles. The van der Waals surface area contributed by atoms with Crippen LogP contribution in [0.1, 0.15) is 26.3 Å². The molecule has 1 atom stereocenters. The van der Waals surface area contributed by atoms with Gasteiger partial charge in [0.1, 0.15) is 18.2 Å². The molecule has 1 N–H and O–H groups in total. The van der Waals surface area contributed by atoms with Crippen molar-refractivity contribution in [1.29, 1.82) is 0 Å². The minimum absolute atomic E-state index is 0.176. The quantitative estimate of drug-likeness (QED) is 0.896. The average molecular weight is 348 g/mol. The van der Waals surface area contributed by atoms with Crippen LogP contribution in [-0.4, -0.2) is 64.2 Å². The molecule has 0 aliphatic carbocycles. The minimum atomic E-state index is -1.07. The highest BCUT2D eigenvalue weighted by Crippen LogP contribution is 2.20. The monoisotopic (exact) mass is 348 g/mol. The lowest BCUT2D eigenvalue weighted by Gasteiger charge is -2.40. The zero-order valence-electron chi connectivity index (χ0n) is 14.8. The van der Waals surface area contributed by atoms with Crippen LogP contribution in [0.2, 0.25) is 0 Å². The Hall–Kier alpha value is -2.57. The second-order valence-electron chi connectivity index (χ2n) is 7.03. The smallest absolute Gasteiger partial charge is 0.411 e. The van der Waals surface area contributed by atoms with E-state index in [2.05, 4.69) is 0 Å². The molecular formula is C18H24N2O5. The van der Waals surface area contributed by atoms with Crippen molar-refractivity contribution < 1.29 is 24.2 Å². The van der Waals surface area contributed by atoms with Crippen molar-refractivity contribution in [2.45, 2.75) is 38.8 Å². The van der Waals surface area contributed by atoms with E-state index in [4.69, 9.17) is 9.84 Å². The summed E-state index contributed by atoms with van der Waals surface area (Å²) in [5, 5.41) is 8.99. The highest BCUT2D eigenvalue weighted by atomic mass is 16.6. The molecule has 1 aliphatic rings. The van der Waals surface area contributed by atoms with Crippen molar-refractivity contribution in [2.24, 2.45) is 0 Å². The van der Waals surface area contributed by atoms with Crippen LogP contribution in [0.5, 0.6) is 0 Å². The molecule has 0 aromatic heterocycles. The molecule has 0 spiro atoms. The maximum absolute atomic E-state index is 12.8. The van der Waals surface area contributed by atoms with Crippen molar-refractivity contribution in [3.05, 3.63) is 35.9 Å². The Morgan fingerprint density at radius 1 is 1.20 bits per heavy atom. The SMILES string of the molecule is CC(C)(C)OC(=O)N1CCN(CC(=O)O)C(=O)[C@H]1Cc1ccccc1. The Balaban J connectivity index is 2.23. The van der Waals surface area contributed by atoms with Crippen molar-refractivity contribution >= 4 is 18.0 Å². The summed E-state index contributed by atoms with van der Waals surface area (Å²) in [7, 11) is 0. The van der Waals surface area contributed by atoms with Gasteiger partial charge in [-0.25, -0.2) is 4.79 Å². The third-order valence-corrected chi connectivity index (χ3v) is 3.81. The first-order chi connectivity index (χ1) is 11.7. The number of ether oxygens (including phenoxy) is 1. The zero-order chi connectivity index (χ0) is 18.6. The van der Waals surface area contributed by atoms with Gasteiger partial charge in [-0.2, -0.15) is 0 Å². The van der Waals surface area contributed by atoms with Gasteiger partial charge in [0.05, 0.1) is 0 Å². The zero-order valence-corrected chi connectivity index (χ0v) is 14.8. The van der Waals surface area contributed by atoms with Gasteiger partial charge in [0.25, 0.3) is 0 Å². The van der Waals surface area contributed by atoms with E-state index in [1.165, 1.54) is 9.80 Å². The van der Waals surface area contributed by atoms with Gasteiger partial charge in [-0.15, -0.1) is 0 Å². The van der Waals surface area contributed by atoms with Crippen LogP contribution in [0.4, 0.5) is 4.79 Å². The molecule has 25 heavy (non-hydrogen) atoms. The van der Waals surface area contributed by atoms with Crippen molar-refractivity contribution in [2.75, 3.05) is 19.6 Å². The number of carboxylic acids is 1. The molecule has 7 nitrogen and oxygen atoms in total. The van der Waals surface area contributed by atoms with Crippen LogP contribution < -0.4 is 0 Å². The summed E-state index contributed by atoms with van der Waals surface area (Å²) in [6.45, 7) is 5.34. The lowest BCUT2D eigenvalue weighted by molar-refractivity contribution is -0.149. The summed E-state index contributed by atoms with van der Waals surface area (Å²) in [6, 6.07) is 8.55. The van der Waals surface area contributed by atoms with Gasteiger partial charge in [0.2, 0.25) is 5.91 Å². The predicted octanol–water partition coefficient (Wildman–Crippen LogP) is 1.76. The van der Waals surface area contributed by atoms with Crippen LogP contribution >= 0.6 is 0 Å². The van der Waals surface area contributed by atoms with Gasteiger partial charge in [0, 0.05) is 19.5 Å². The molecule has 1 aromatic carbocycles. The largest absolute Gasteiger partial charge is 0.480 e.